The highest BCUT2D eigenvalue weighted by Crippen LogP contribution is 2.21. The summed E-state index contributed by atoms with van der Waals surface area (Å²) >= 11 is 0. The van der Waals surface area contributed by atoms with Crippen LogP contribution >= 0.6 is 0 Å². The molecule has 0 saturated heterocycles. The Kier molecular flexibility index (Phi) is 3.82. The lowest BCUT2D eigenvalue weighted by atomic mass is 10.2. The number of amides is 1. The lowest BCUT2D eigenvalue weighted by Crippen LogP contribution is -2.32. The summed E-state index contributed by atoms with van der Waals surface area (Å²) in [5, 5.41) is 17.4. The number of carbonyl (C=O) groups excluding carboxylic acids is 1. The topological polar surface area (TPSA) is 90.1 Å². The molecule has 1 N–H and O–H groups in total. The van der Waals surface area contributed by atoms with Gasteiger partial charge >= 0.3 is 5.69 Å². The van der Waals surface area contributed by atoms with Crippen LogP contribution in [0.25, 0.3) is 0 Å². The number of aryl methyl sites for hydroxylation is 1. The zero-order chi connectivity index (χ0) is 13.2. The van der Waals surface area contributed by atoms with Gasteiger partial charge in [0.1, 0.15) is 5.69 Å². The van der Waals surface area contributed by atoms with E-state index in [-0.39, 0.29) is 17.4 Å². The van der Waals surface area contributed by atoms with Gasteiger partial charge in [0.2, 0.25) is 5.69 Å². The molecule has 0 saturated carbocycles. The van der Waals surface area contributed by atoms with Crippen LogP contribution < -0.4 is 5.32 Å². The average molecular weight is 240 g/mol. The van der Waals surface area contributed by atoms with Gasteiger partial charge in [-0.25, -0.2) is 0 Å². The number of nitrogens with zero attached hydrogens (tertiary/aromatic N) is 3. The zero-order valence-electron chi connectivity index (χ0n) is 10.4. The van der Waals surface area contributed by atoms with E-state index in [9.17, 15) is 14.9 Å². The Labute approximate surface area is 99.0 Å². The maximum Gasteiger partial charge on any atom is 0.322 e. The predicted octanol–water partition coefficient (Wildman–Crippen LogP) is 1.17. The van der Waals surface area contributed by atoms with E-state index in [1.54, 1.807) is 14.0 Å². The van der Waals surface area contributed by atoms with Crippen molar-refractivity contribution in [2.75, 3.05) is 0 Å². The summed E-state index contributed by atoms with van der Waals surface area (Å²) in [6.07, 6.45) is 0.755. The van der Waals surface area contributed by atoms with E-state index in [1.807, 2.05) is 13.8 Å². The molecule has 94 valence electrons. The van der Waals surface area contributed by atoms with Crippen molar-refractivity contribution >= 4 is 11.6 Å². The van der Waals surface area contributed by atoms with Gasteiger partial charge in [0.25, 0.3) is 5.91 Å². The molecule has 0 aromatic carbocycles. The van der Waals surface area contributed by atoms with E-state index in [0.717, 1.165) is 6.42 Å². The van der Waals surface area contributed by atoms with E-state index in [4.69, 9.17) is 0 Å². The van der Waals surface area contributed by atoms with Gasteiger partial charge < -0.3 is 5.32 Å². The summed E-state index contributed by atoms with van der Waals surface area (Å²) in [5.41, 5.74) is 0.00732. The van der Waals surface area contributed by atoms with E-state index in [0.29, 0.717) is 5.69 Å². The van der Waals surface area contributed by atoms with Crippen molar-refractivity contribution in [3.8, 4) is 0 Å². The molecule has 1 aromatic rings. The third kappa shape index (κ3) is 2.61. The number of carbonyl (C=O) groups is 1. The van der Waals surface area contributed by atoms with Crippen LogP contribution in [0.2, 0.25) is 0 Å². The lowest BCUT2D eigenvalue weighted by molar-refractivity contribution is -0.385. The maximum absolute atomic E-state index is 11.8. The largest absolute Gasteiger partial charge is 0.348 e. The van der Waals surface area contributed by atoms with Crippen molar-refractivity contribution in [2.24, 2.45) is 7.05 Å². The summed E-state index contributed by atoms with van der Waals surface area (Å²) in [6, 6.07) is -0.0376. The lowest BCUT2D eigenvalue weighted by Gasteiger charge is -2.09. The monoisotopic (exact) mass is 240 g/mol. The standard InChI is InChI=1S/C10H16N4O3/c1-5-6(2)11-10(15)8-9(14(16)17)7(3)13(4)12-8/h6H,5H2,1-4H3,(H,11,15). The molecular weight excluding hydrogens is 224 g/mol. The fraction of sp³-hybridized carbons (Fsp3) is 0.600. The predicted molar refractivity (Wildman–Crippen MR) is 61.8 cm³/mol. The first-order valence-electron chi connectivity index (χ1n) is 5.37. The van der Waals surface area contributed by atoms with Gasteiger partial charge in [-0.1, -0.05) is 6.92 Å². The third-order valence-corrected chi connectivity index (χ3v) is 2.69. The SMILES string of the molecule is CCC(C)NC(=O)c1nn(C)c(C)c1[N+](=O)[O-]. The van der Waals surface area contributed by atoms with Crippen LogP contribution in [-0.2, 0) is 7.05 Å². The normalized spacial score (nSPS) is 12.2. The fourth-order valence-corrected chi connectivity index (χ4v) is 1.36. The van der Waals surface area contributed by atoms with E-state index in [1.165, 1.54) is 4.68 Å². The van der Waals surface area contributed by atoms with Crippen LogP contribution in [0.5, 0.6) is 0 Å². The van der Waals surface area contributed by atoms with Gasteiger partial charge in [-0.3, -0.25) is 19.6 Å². The first-order chi connectivity index (χ1) is 7.88. The highest BCUT2D eigenvalue weighted by molar-refractivity contribution is 5.96. The molecule has 0 fully saturated rings. The van der Waals surface area contributed by atoms with Crippen LogP contribution in [0.15, 0.2) is 0 Å². The maximum atomic E-state index is 11.8. The highest BCUT2D eigenvalue weighted by Gasteiger charge is 2.29. The minimum absolute atomic E-state index is 0.0376. The second kappa shape index (κ2) is 4.94. The number of rotatable bonds is 4. The molecule has 1 aromatic heterocycles. The fourth-order valence-electron chi connectivity index (χ4n) is 1.36. The summed E-state index contributed by atoms with van der Waals surface area (Å²) in [7, 11) is 1.57. The Balaban J connectivity index is 3.09. The molecule has 1 heterocycles. The summed E-state index contributed by atoms with van der Waals surface area (Å²) in [6.45, 7) is 5.31. The molecule has 1 atom stereocenters. The molecule has 7 heteroatoms. The van der Waals surface area contributed by atoms with Crippen molar-refractivity contribution in [1.82, 2.24) is 15.1 Å². The zero-order valence-corrected chi connectivity index (χ0v) is 10.4. The second-order valence-corrected chi connectivity index (χ2v) is 3.95. The molecule has 0 aliphatic carbocycles. The Hall–Kier alpha value is -1.92. The quantitative estimate of drug-likeness (QED) is 0.631. The van der Waals surface area contributed by atoms with Crippen molar-refractivity contribution in [2.45, 2.75) is 33.2 Å². The Bertz CT molecular complexity index is 453. The highest BCUT2D eigenvalue weighted by atomic mass is 16.6. The Morgan fingerprint density at radius 3 is 2.71 bits per heavy atom. The number of hydrogen-bond acceptors (Lipinski definition) is 4. The van der Waals surface area contributed by atoms with Gasteiger partial charge in [0.15, 0.2) is 0 Å². The second-order valence-electron chi connectivity index (χ2n) is 3.95. The first-order valence-corrected chi connectivity index (χ1v) is 5.37. The molecule has 7 nitrogen and oxygen atoms in total. The van der Waals surface area contributed by atoms with Crippen molar-refractivity contribution in [1.29, 1.82) is 0 Å². The van der Waals surface area contributed by atoms with Gasteiger partial charge in [-0.2, -0.15) is 5.10 Å². The number of nitrogens with one attached hydrogen (secondary N) is 1. The molecule has 1 amide bonds. The van der Waals surface area contributed by atoms with Crippen LogP contribution in [0, 0.1) is 17.0 Å². The minimum Gasteiger partial charge on any atom is -0.348 e. The Morgan fingerprint density at radius 1 is 1.65 bits per heavy atom. The van der Waals surface area contributed by atoms with E-state index >= 15 is 0 Å². The molecule has 0 radical (unpaired) electrons. The van der Waals surface area contributed by atoms with Gasteiger partial charge in [0, 0.05) is 13.1 Å². The van der Waals surface area contributed by atoms with Crippen LogP contribution in [-0.4, -0.2) is 26.7 Å². The van der Waals surface area contributed by atoms with Gasteiger partial charge in [0.05, 0.1) is 4.92 Å². The van der Waals surface area contributed by atoms with Crippen molar-refractivity contribution in [3.05, 3.63) is 21.5 Å². The number of aromatic nitrogens is 2. The first kappa shape index (κ1) is 13.1. The van der Waals surface area contributed by atoms with Crippen LogP contribution in [0.1, 0.15) is 36.5 Å². The molecule has 17 heavy (non-hydrogen) atoms. The molecule has 0 spiro atoms. The molecule has 0 aliphatic rings. The molecule has 1 unspecified atom stereocenters. The summed E-state index contributed by atoms with van der Waals surface area (Å²) in [5.74, 6) is -0.505. The smallest absolute Gasteiger partial charge is 0.322 e. The molecular formula is C10H16N4O3. The Morgan fingerprint density at radius 2 is 2.24 bits per heavy atom. The third-order valence-electron chi connectivity index (χ3n) is 2.69. The number of hydrogen-bond donors (Lipinski definition) is 1. The van der Waals surface area contributed by atoms with Crippen LogP contribution in [0.3, 0.4) is 0 Å². The summed E-state index contributed by atoms with van der Waals surface area (Å²) < 4.78 is 1.34. The minimum atomic E-state index is -0.576. The molecule has 0 aliphatic heterocycles. The average Bonchev–Trinajstić information content (AvgIpc) is 2.55. The summed E-state index contributed by atoms with van der Waals surface area (Å²) in [4.78, 5) is 22.1. The van der Waals surface area contributed by atoms with Gasteiger partial charge in [-0.15, -0.1) is 0 Å². The van der Waals surface area contributed by atoms with E-state index in [2.05, 4.69) is 10.4 Å². The van der Waals surface area contributed by atoms with E-state index < -0.39 is 10.8 Å². The van der Waals surface area contributed by atoms with Crippen molar-refractivity contribution < 1.29 is 9.72 Å². The van der Waals surface area contributed by atoms with Crippen LogP contribution in [0.4, 0.5) is 5.69 Å². The number of nitro groups is 1. The molecule has 0 bridgehead atoms. The molecule has 1 rings (SSSR count). The van der Waals surface area contributed by atoms with Gasteiger partial charge in [-0.05, 0) is 20.3 Å². The van der Waals surface area contributed by atoms with Crippen molar-refractivity contribution in [3.63, 3.8) is 0 Å².